The van der Waals surface area contributed by atoms with Crippen LogP contribution >= 0.6 is 0 Å². The molecule has 1 atom stereocenters. The molecule has 5 heterocycles. The molecule has 0 aliphatic carbocycles. The largest absolute Gasteiger partial charge is 0.461 e. The molecule has 5 heteroatoms. The number of hydrogen-bond donors (Lipinski definition) is 1. The van der Waals surface area contributed by atoms with Gasteiger partial charge in [-0.2, -0.15) is 0 Å². The summed E-state index contributed by atoms with van der Waals surface area (Å²) in [7, 11) is 0. The molecule has 5 rings (SSSR count). The highest BCUT2D eigenvalue weighted by molar-refractivity contribution is 5.95. The van der Waals surface area contributed by atoms with Gasteiger partial charge in [-0.1, -0.05) is 6.92 Å². The van der Waals surface area contributed by atoms with Crippen molar-refractivity contribution in [2.45, 2.75) is 32.2 Å². The maximum Gasteiger partial charge on any atom is 0.270 e. The average molecular weight is 299 g/mol. The van der Waals surface area contributed by atoms with E-state index < -0.39 is 0 Å². The second-order valence-corrected chi connectivity index (χ2v) is 6.39. The second-order valence-electron chi connectivity index (χ2n) is 6.39. The summed E-state index contributed by atoms with van der Waals surface area (Å²) < 4.78 is 5.72. The summed E-state index contributed by atoms with van der Waals surface area (Å²) in [5, 5.41) is 4.12. The van der Waals surface area contributed by atoms with Crippen molar-refractivity contribution in [3.8, 4) is 0 Å². The van der Waals surface area contributed by atoms with Crippen molar-refractivity contribution in [1.82, 2.24) is 15.2 Å². The summed E-state index contributed by atoms with van der Waals surface area (Å²) in [6.45, 7) is 5.37. The Morgan fingerprint density at radius 1 is 1.41 bits per heavy atom. The summed E-state index contributed by atoms with van der Waals surface area (Å²) in [5.41, 5.74) is 1.19. The highest BCUT2D eigenvalue weighted by Gasteiger charge is 2.35. The number of carbonyl (C=O) groups excluding carboxylic acids is 1. The number of aromatic nitrogens is 1. The van der Waals surface area contributed by atoms with Crippen LogP contribution in [0.4, 0.5) is 0 Å². The molecule has 3 fully saturated rings. The Bertz CT molecular complexity index is 701. The number of furan rings is 1. The number of piperidine rings is 3. The van der Waals surface area contributed by atoms with Gasteiger partial charge in [0.05, 0.1) is 0 Å². The molecular formula is C17H21N3O2. The molecule has 3 aliphatic heterocycles. The summed E-state index contributed by atoms with van der Waals surface area (Å²) >= 11 is 0. The van der Waals surface area contributed by atoms with Crippen molar-refractivity contribution in [1.29, 1.82) is 0 Å². The highest BCUT2D eigenvalue weighted by atomic mass is 16.3. The van der Waals surface area contributed by atoms with E-state index in [0.29, 0.717) is 11.6 Å². The Balaban J connectivity index is 1.52. The number of rotatable bonds is 3. The minimum Gasteiger partial charge on any atom is -0.461 e. The van der Waals surface area contributed by atoms with Gasteiger partial charge in [0.1, 0.15) is 17.0 Å². The lowest BCUT2D eigenvalue weighted by Crippen LogP contribution is -2.57. The normalized spacial score (nSPS) is 27.2. The van der Waals surface area contributed by atoms with E-state index in [1.807, 2.05) is 13.0 Å². The van der Waals surface area contributed by atoms with E-state index >= 15 is 0 Å². The van der Waals surface area contributed by atoms with Crippen LogP contribution in [-0.2, 0) is 6.42 Å². The minimum atomic E-state index is -0.0879. The topological polar surface area (TPSA) is 58.4 Å². The van der Waals surface area contributed by atoms with Gasteiger partial charge in [-0.15, -0.1) is 0 Å². The Hall–Kier alpha value is -1.88. The molecule has 1 N–H and O–H groups in total. The van der Waals surface area contributed by atoms with Crippen molar-refractivity contribution in [2.24, 2.45) is 5.92 Å². The van der Waals surface area contributed by atoms with Gasteiger partial charge in [0, 0.05) is 36.7 Å². The van der Waals surface area contributed by atoms with Gasteiger partial charge in [0.2, 0.25) is 0 Å². The zero-order chi connectivity index (χ0) is 15.1. The molecule has 3 saturated heterocycles. The summed E-state index contributed by atoms with van der Waals surface area (Å²) in [4.78, 5) is 19.2. The molecule has 0 radical (unpaired) electrons. The molecule has 116 valence electrons. The van der Waals surface area contributed by atoms with Crippen LogP contribution < -0.4 is 5.32 Å². The number of carbonyl (C=O) groups is 1. The minimum absolute atomic E-state index is 0.0879. The summed E-state index contributed by atoms with van der Waals surface area (Å²) in [5.74, 6) is 1.45. The van der Waals surface area contributed by atoms with Crippen LogP contribution in [0.1, 0.15) is 36.0 Å². The molecule has 3 aliphatic rings. The van der Waals surface area contributed by atoms with Gasteiger partial charge in [-0.3, -0.25) is 9.78 Å². The van der Waals surface area contributed by atoms with Crippen molar-refractivity contribution in [2.75, 3.05) is 19.6 Å². The lowest BCUT2D eigenvalue weighted by Gasteiger charge is -2.44. The standard InChI is InChI=1S/C17H21N3O2/c1-2-13-7-12-9-18-14(8-16(12)22-13)17(21)19-15-10-20-5-3-11(15)4-6-20/h7-9,11,15H,2-6,10H2,1H3,(H,19,21)/t15-/m0/s1. The molecule has 0 spiro atoms. The Labute approximate surface area is 129 Å². The van der Waals surface area contributed by atoms with Gasteiger partial charge < -0.3 is 14.6 Å². The Kier molecular flexibility index (Phi) is 3.37. The van der Waals surface area contributed by atoms with Crippen LogP contribution in [-0.4, -0.2) is 41.5 Å². The van der Waals surface area contributed by atoms with Gasteiger partial charge in [-0.25, -0.2) is 0 Å². The fourth-order valence-corrected chi connectivity index (χ4v) is 3.66. The first kappa shape index (κ1) is 13.8. The van der Waals surface area contributed by atoms with Crippen molar-refractivity contribution >= 4 is 16.9 Å². The zero-order valence-electron chi connectivity index (χ0n) is 12.8. The van der Waals surface area contributed by atoms with E-state index in [2.05, 4.69) is 15.2 Å². The molecule has 0 saturated carbocycles. The first-order valence-corrected chi connectivity index (χ1v) is 8.14. The maximum absolute atomic E-state index is 12.5. The van der Waals surface area contributed by atoms with E-state index in [1.54, 1.807) is 12.3 Å². The molecule has 0 aromatic carbocycles. The molecule has 0 unspecified atom stereocenters. The van der Waals surface area contributed by atoms with E-state index in [-0.39, 0.29) is 11.9 Å². The quantitative estimate of drug-likeness (QED) is 0.944. The zero-order valence-corrected chi connectivity index (χ0v) is 12.8. The van der Waals surface area contributed by atoms with Crippen LogP contribution in [0.25, 0.3) is 11.0 Å². The van der Waals surface area contributed by atoms with Crippen LogP contribution in [0.3, 0.4) is 0 Å². The molecule has 2 aromatic heterocycles. The number of nitrogens with one attached hydrogen (secondary N) is 1. The third-order valence-corrected chi connectivity index (χ3v) is 5.01. The van der Waals surface area contributed by atoms with Crippen molar-refractivity contribution in [3.05, 3.63) is 29.8 Å². The lowest BCUT2D eigenvalue weighted by molar-refractivity contribution is 0.0618. The molecule has 5 nitrogen and oxygen atoms in total. The predicted molar refractivity (Wildman–Crippen MR) is 83.8 cm³/mol. The van der Waals surface area contributed by atoms with Crippen LogP contribution in [0.5, 0.6) is 0 Å². The number of nitrogens with zero attached hydrogens (tertiary/aromatic N) is 2. The maximum atomic E-state index is 12.5. The van der Waals surface area contributed by atoms with E-state index in [9.17, 15) is 4.79 Å². The number of hydrogen-bond acceptors (Lipinski definition) is 4. The fourth-order valence-electron chi connectivity index (χ4n) is 3.66. The smallest absolute Gasteiger partial charge is 0.270 e. The Morgan fingerprint density at radius 3 is 2.91 bits per heavy atom. The van der Waals surface area contributed by atoms with Gasteiger partial charge in [-0.05, 0) is 37.9 Å². The second kappa shape index (κ2) is 5.39. The van der Waals surface area contributed by atoms with Gasteiger partial charge in [0.25, 0.3) is 5.91 Å². The van der Waals surface area contributed by atoms with Gasteiger partial charge in [0.15, 0.2) is 0 Å². The van der Waals surface area contributed by atoms with Crippen LogP contribution in [0, 0.1) is 5.92 Å². The number of amides is 1. The van der Waals surface area contributed by atoms with Crippen molar-refractivity contribution in [3.63, 3.8) is 0 Å². The first-order chi connectivity index (χ1) is 10.7. The number of fused-ring (bicyclic) bond motifs is 4. The molecule has 22 heavy (non-hydrogen) atoms. The van der Waals surface area contributed by atoms with Gasteiger partial charge >= 0.3 is 0 Å². The van der Waals surface area contributed by atoms with Crippen LogP contribution in [0.15, 0.2) is 22.7 Å². The van der Waals surface area contributed by atoms with E-state index in [1.165, 1.54) is 25.9 Å². The number of pyridine rings is 1. The lowest BCUT2D eigenvalue weighted by atomic mass is 9.84. The predicted octanol–water partition coefficient (Wildman–Crippen LogP) is 2.21. The SMILES string of the molecule is CCc1cc2cnc(C(=O)N[C@H]3CN4CCC3CC4)cc2o1. The summed E-state index contributed by atoms with van der Waals surface area (Å²) in [6, 6.07) is 4.00. The Morgan fingerprint density at radius 2 is 2.23 bits per heavy atom. The van der Waals surface area contributed by atoms with Crippen LogP contribution in [0.2, 0.25) is 0 Å². The average Bonchev–Trinajstić information content (AvgIpc) is 2.98. The third-order valence-electron chi connectivity index (χ3n) is 5.01. The number of aryl methyl sites for hydroxylation is 1. The monoisotopic (exact) mass is 299 g/mol. The molecular weight excluding hydrogens is 278 g/mol. The van der Waals surface area contributed by atoms with E-state index in [4.69, 9.17) is 4.42 Å². The third kappa shape index (κ3) is 2.39. The molecule has 2 aromatic rings. The summed E-state index contributed by atoms with van der Waals surface area (Å²) in [6.07, 6.45) is 4.95. The molecule has 2 bridgehead atoms. The fraction of sp³-hybridized carbons (Fsp3) is 0.529. The van der Waals surface area contributed by atoms with E-state index in [0.717, 1.165) is 29.7 Å². The van der Waals surface area contributed by atoms with Crippen molar-refractivity contribution < 1.29 is 9.21 Å². The first-order valence-electron chi connectivity index (χ1n) is 8.14. The highest BCUT2D eigenvalue weighted by Crippen LogP contribution is 2.27. The molecule has 1 amide bonds.